The summed E-state index contributed by atoms with van der Waals surface area (Å²) >= 11 is 0. The van der Waals surface area contributed by atoms with Gasteiger partial charge in [0.05, 0.1) is 0 Å². The van der Waals surface area contributed by atoms with Crippen LogP contribution in [0, 0.1) is 0 Å². The van der Waals surface area contributed by atoms with Gasteiger partial charge in [0.2, 0.25) is 0 Å². The van der Waals surface area contributed by atoms with Crippen molar-refractivity contribution < 1.29 is 15.0 Å². The normalized spacial score (nSPS) is 29.6. The lowest BCUT2D eigenvalue weighted by Crippen LogP contribution is -2.36. The molecule has 0 saturated carbocycles. The Morgan fingerprint density at radius 1 is 1.46 bits per heavy atom. The molecule has 3 nitrogen and oxygen atoms in total. The smallest absolute Gasteiger partial charge is 0.162 e. The van der Waals surface area contributed by atoms with Crippen LogP contribution in [0.2, 0.25) is 0 Å². The molecular weight excluding hydrogens is 168 g/mol. The Labute approximate surface area is 78.1 Å². The summed E-state index contributed by atoms with van der Waals surface area (Å²) in [5, 5.41) is 19.6. The van der Waals surface area contributed by atoms with E-state index in [2.05, 4.69) is 0 Å². The number of rotatable bonds is 2. The molecule has 0 aromatic rings. The molecule has 0 bridgehead atoms. The van der Waals surface area contributed by atoms with Crippen molar-refractivity contribution in [2.75, 3.05) is 0 Å². The van der Waals surface area contributed by atoms with Gasteiger partial charge in [-0.1, -0.05) is 13.8 Å². The van der Waals surface area contributed by atoms with Gasteiger partial charge in [0.25, 0.3) is 0 Å². The number of hydrogen-bond donors (Lipinski definition) is 2. The third kappa shape index (κ3) is 1.61. The van der Waals surface area contributed by atoms with E-state index in [1.807, 2.05) is 6.92 Å². The molecule has 1 unspecified atom stereocenters. The molecule has 0 radical (unpaired) electrons. The third-order valence-corrected chi connectivity index (χ3v) is 2.77. The molecular formula is C10H16O3. The highest BCUT2D eigenvalue weighted by Crippen LogP contribution is 2.33. The van der Waals surface area contributed by atoms with Crippen molar-refractivity contribution in [2.45, 2.75) is 45.1 Å². The van der Waals surface area contributed by atoms with Gasteiger partial charge in [-0.3, -0.25) is 4.79 Å². The summed E-state index contributed by atoms with van der Waals surface area (Å²) in [6.07, 6.45) is 1.64. The van der Waals surface area contributed by atoms with Crippen molar-refractivity contribution in [2.24, 2.45) is 0 Å². The summed E-state index contributed by atoms with van der Waals surface area (Å²) < 4.78 is 0. The van der Waals surface area contributed by atoms with Crippen LogP contribution in [0.5, 0.6) is 0 Å². The molecule has 74 valence electrons. The van der Waals surface area contributed by atoms with Gasteiger partial charge in [-0.25, -0.2) is 0 Å². The van der Waals surface area contributed by atoms with Crippen LogP contribution >= 0.6 is 0 Å². The molecule has 1 aliphatic rings. The van der Waals surface area contributed by atoms with Gasteiger partial charge in [0.1, 0.15) is 11.4 Å². The quantitative estimate of drug-likeness (QED) is 0.687. The largest absolute Gasteiger partial charge is 0.509 e. The fourth-order valence-corrected chi connectivity index (χ4v) is 1.71. The van der Waals surface area contributed by atoms with E-state index in [4.69, 9.17) is 0 Å². The zero-order chi connectivity index (χ0) is 10.1. The summed E-state index contributed by atoms with van der Waals surface area (Å²) in [4.78, 5) is 11.3. The zero-order valence-electron chi connectivity index (χ0n) is 8.13. The van der Waals surface area contributed by atoms with Crippen LogP contribution in [-0.2, 0) is 4.79 Å². The number of carbonyl (C=O) groups is 1. The van der Waals surface area contributed by atoms with Crippen molar-refractivity contribution in [3.63, 3.8) is 0 Å². The van der Waals surface area contributed by atoms with Crippen molar-refractivity contribution in [3.8, 4) is 0 Å². The van der Waals surface area contributed by atoms with Gasteiger partial charge in [-0.15, -0.1) is 0 Å². The molecule has 2 N–H and O–H groups in total. The molecule has 0 aliphatic heterocycles. The second-order valence-electron chi connectivity index (χ2n) is 3.49. The fourth-order valence-electron chi connectivity index (χ4n) is 1.71. The van der Waals surface area contributed by atoms with Gasteiger partial charge in [0, 0.05) is 12.0 Å². The Balaban J connectivity index is 3.09. The van der Waals surface area contributed by atoms with Crippen molar-refractivity contribution >= 4 is 5.78 Å². The Bertz CT molecular complexity index is 255. The molecule has 1 rings (SSSR count). The molecule has 13 heavy (non-hydrogen) atoms. The van der Waals surface area contributed by atoms with E-state index in [9.17, 15) is 15.0 Å². The Kier molecular flexibility index (Phi) is 2.76. The van der Waals surface area contributed by atoms with Gasteiger partial charge in [0.15, 0.2) is 5.78 Å². The van der Waals surface area contributed by atoms with Gasteiger partial charge in [-0.05, 0) is 19.3 Å². The Hall–Kier alpha value is -0.830. The lowest BCUT2D eigenvalue weighted by Gasteiger charge is -2.31. The maximum Gasteiger partial charge on any atom is 0.162 e. The number of hydrogen-bond acceptors (Lipinski definition) is 3. The summed E-state index contributed by atoms with van der Waals surface area (Å²) in [6, 6.07) is 0. The summed E-state index contributed by atoms with van der Waals surface area (Å²) in [7, 11) is 0. The van der Waals surface area contributed by atoms with E-state index in [0.717, 1.165) is 0 Å². The van der Waals surface area contributed by atoms with E-state index in [0.29, 0.717) is 31.3 Å². The minimum atomic E-state index is -1.15. The first kappa shape index (κ1) is 10.3. The maximum atomic E-state index is 11.3. The summed E-state index contributed by atoms with van der Waals surface area (Å²) in [5.41, 5.74) is -0.755. The fraction of sp³-hybridized carbons (Fsp3) is 0.700. The lowest BCUT2D eigenvalue weighted by molar-refractivity contribution is -0.119. The molecule has 0 heterocycles. The highest BCUT2D eigenvalue weighted by Gasteiger charge is 2.37. The first-order chi connectivity index (χ1) is 6.05. The first-order valence-corrected chi connectivity index (χ1v) is 4.73. The van der Waals surface area contributed by atoms with Crippen molar-refractivity contribution in [1.82, 2.24) is 0 Å². The van der Waals surface area contributed by atoms with Crippen LogP contribution in [0.4, 0.5) is 0 Å². The van der Waals surface area contributed by atoms with E-state index < -0.39 is 5.60 Å². The van der Waals surface area contributed by atoms with Gasteiger partial charge >= 0.3 is 0 Å². The third-order valence-electron chi connectivity index (χ3n) is 2.77. The van der Waals surface area contributed by atoms with Crippen LogP contribution in [0.15, 0.2) is 11.3 Å². The minimum absolute atomic E-state index is 0.0295. The zero-order valence-corrected chi connectivity index (χ0v) is 8.13. The second-order valence-corrected chi connectivity index (χ2v) is 3.49. The molecule has 0 saturated heterocycles. The predicted molar refractivity (Wildman–Crippen MR) is 49.4 cm³/mol. The van der Waals surface area contributed by atoms with E-state index in [1.54, 1.807) is 6.92 Å². The van der Waals surface area contributed by atoms with E-state index in [1.165, 1.54) is 0 Å². The number of aliphatic hydroxyl groups is 2. The van der Waals surface area contributed by atoms with Gasteiger partial charge in [-0.2, -0.15) is 0 Å². The van der Waals surface area contributed by atoms with Crippen LogP contribution in [0.3, 0.4) is 0 Å². The van der Waals surface area contributed by atoms with E-state index >= 15 is 0 Å². The molecule has 0 fully saturated rings. The SMILES string of the molecule is CCC1=C(O)C(O)(CC)CCC1=O. The molecule has 1 atom stereocenters. The Morgan fingerprint density at radius 2 is 2.08 bits per heavy atom. The van der Waals surface area contributed by atoms with Gasteiger partial charge < -0.3 is 10.2 Å². The highest BCUT2D eigenvalue weighted by atomic mass is 16.3. The molecule has 0 amide bonds. The molecule has 0 spiro atoms. The molecule has 3 heteroatoms. The average Bonchev–Trinajstić information content (AvgIpc) is 2.13. The van der Waals surface area contributed by atoms with Crippen LogP contribution < -0.4 is 0 Å². The van der Waals surface area contributed by atoms with Crippen LogP contribution in [0.1, 0.15) is 39.5 Å². The number of aliphatic hydroxyl groups excluding tert-OH is 1. The average molecular weight is 184 g/mol. The van der Waals surface area contributed by atoms with Crippen LogP contribution in [-0.4, -0.2) is 21.6 Å². The number of allylic oxidation sites excluding steroid dienone is 1. The first-order valence-electron chi connectivity index (χ1n) is 4.73. The number of carbonyl (C=O) groups excluding carboxylic acids is 1. The summed E-state index contributed by atoms with van der Waals surface area (Å²) in [6.45, 7) is 3.62. The molecule has 1 aliphatic carbocycles. The van der Waals surface area contributed by atoms with E-state index in [-0.39, 0.29) is 11.5 Å². The summed E-state index contributed by atoms with van der Waals surface area (Å²) in [5.74, 6) is -0.133. The number of ketones is 1. The Morgan fingerprint density at radius 3 is 2.54 bits per heavy atom. The second kappa shape index (κ2) is 3.50. The lowest BCUT2D eigenvalue weighted by atomic mass is 9.81. The topological polar surface area (TPSA) is 57.5 Å². The highest BCUT2D eigenvalue weighted by molar-refractivity contribution is 5.97. The number of Topliss-reactive ketones (excluding diaryl/α,β-unsaturated/α-hetero) is 1. The standard InChI is InChI=1S/C10H16O3/c1-3-7-8(11)5-6-10(13,4-2)9(7)12/h12-13H,3-6H2,1-2H3. The minimum Gasteiger partial charge on any atom is -0.509 e. The monoisotopic (exact) mass is 184 g/mol. The molecule has 0 aromatic heterocycles. The predicted octanol–water partition coefficient (Wildman–Crippen LogP) is 1.71. The maximum absolute atomic E-state index is 11.3. The van der Waals surface area contributed by atoms with Crippen molar-refractivity contribution in [1.29, 1.82) is 0 Å². The van der Waals surface area contributed by atoms with Crippen molar-refractivity contribution in [3.05, 3.63) is 11.3 Å². The molecule has 0 aromatic carbocycles. The van der Waals surface area contributed by atoms with Crippen LogP contribution in [0.25, 0.3) is 0 Å².